The van der Waals surface area contributed by atoms with Gasteiger partial charge in [-0.05, 0) is 95.6 Å². The van der Waals surface area contributed by atoms with Gasteiger partial charge in [0.2, 0.25) is 0 Å². The molecule has 4 aliphatic rings. The fourth-order valence-corrected chi connectivity index (χ4v) is 9.31. The summed E-state index contributed by atoms with van der Waals surface area (Å²) >= 11 is 0. The van der Waals surface area contributed by atoms with E-state index in [4.69, 9.17) is 21.5 Å². The van der Waals surface area contributed by atoms with Crippen LogP contribution in [0.15, 0.2) is 127 Å². The van der Waals surface area contributed by atoms with Gasteiger partial charge in [-0.1, -0.05) is 121 Å². The molecule has 0 amide bonds. The van der Waals surface area contributed by atoms with Crippen molar-refractivity contribution in [1.29, 1.82) is 0 Å². The Hall–Kier alpha value is -5.40. The Morgan fingerprint density at radius 1 is 0.479 bits per heavy atom. The van der Waals surface area contributed by atoms with Crippen LogP contribution in [-0.2, 0) is 5.41 Å². The molecule has 4 saturated carbocycles. The molecule has 0 saturated heterocycles. The summed E-state index contributed by atoms with van der Waals surface area (Å²) in [6.45, 7) is 7.30. The van der Waals surface area contributed by atoms with Crippen molar-refractivity contribution in [2.75, 3.05) is 0 Å². The summed E-state index contributed by atoms with van der Waals surface area (Å²) in [5.74, 6) is 4.73. The van der Waals surface area contributed by atoms with Crippen LogP contribution in [0.2, 0.25) is 0 Å². The summed E-state index contributed by atoms with van der Waals surface area (Å²) in [7, 11) is 0. The van der Waals surface area contributed by atoms with Gasteiger partial charge >= 0.3 is 0 Å². The standard InChI is InChI=1S/C44H36N4/c1-45-38-20-16-32(17-21-38)35-10-7-11-36(25-35)42-46-41(34-8-3-2-4-9-34)47-43(48-42)40-13-6-5-12-39(40)33-14-18-37(19-15-33)44-26-29-22-30(27-44)24-31(23-29)28-44/h2-21,25,29-31H,22-24,26-28H2. The second-order valence-electron chi connectivity index (χ2n) is 14.2. The first-order chi connectivity index (χ1) is 23.6. The lowest BCUT2D eigenvalue weighted by atomic mass is 9.48. The lowest BCUT2D eigenvalue weighted by Gasteiger charge is -2.57. The third kappa shape index (κ3) is 5.20. The third-order valence-electron chi connectivity index (χ3n) is 11.1. The highest BCUT2D eigenvalue weighted by molar-refractivity contribution is 5.82. The van der Waals surface area contributed by atoms with Crippen molar-refractivity contribution < 1.29 is 0 Å². The average molecular weight is 621 g/mol. The Morgan fingerprint density at radius 3 is 1.69 bits per heavy atom. The van der Waals surface area contributed by atoms with Crippen molar-refractivity contribution in [2.24, 2.45) is 17.8 Å². The van der Waals surface area contributed by atoms with E-state index in [1.165, 1.54) is 44.1 Å². The van der Waals surface area contributed by atoms with Gasteiger partial charge in [0, 0.05) is 16.7 Å². The average Bonchev–Trinajstić information content (AvgIpc) is 3.15. The van der Waals surface area contributed by atoms with Crippen LogP contribution in [0, 0.1) is 24.3 Å². The summed E-state index contributed by atoms with van der Waals surface area (Å²) in [5, 5.41) is 0. The first kappa shape index (κ1) is 28.8. The first-order valence-electron chi connectivity index (χ1n) is 17.2. The van der Waals surface area contributed by atoms with Crippen molar-refractivity contribution in [1.82, 2.24) is 15.0 Å². The van der Waals surface area contributed by atoms with E-state index in [0.29, 0.717) is 28.6 Å². The van der Waals surface area contributed by atoms with Gasteiger partial charge in [-0.2, -0.15) is 0 Å². The second kappa shape index (κ2) is 11.7. The van der Waals surface area contributed by atoms with Gasteiger partial charge in [0.15, 0.2) is 23.2 Å². The molecule has 48 heavy (non-hydrogen) atoms. The fraction of sp³-hybridized carbons (Fsp3) is 0.227. The van der Waals surface area contributed by atoms with Gasteiger partial charge in [0.1, 0.15) is 0 Å². The molecule has 0 spiro atoms. The molecule has 0 N–H and O–H groups in total. The molecular formula is C44H36N4. The zero-order valence-electron chi connectivity index (χ0n) is 26.9. The Balaban J connectivity index is 1.11. The van der Waals surface area contributed by atoms with E-state index in [1.807, 2.05) is 60.7 Å². The molecule has 4 nitrogen and oxygen atoms in total. The molecule has 6 aromatic rings. The maximum absolute atomic E-state index is 7.30. The zero-order valence-corrected chi connectivity index (χ0v) is 26.9. The normalized spacial score (nSPS) is 22.4. The topological polar surface area (TPSA) is 43.0 Å². The molecule has 0 unspecified atom stereocenters. The van der Waals surface area contributed by atoms with E-state index in [2.05, 4.69) is 71.6 Å². The summed E-state index contributed by atoms with van der Waals surface area (Å²) in [6.07, 6.45) is 8.51. The van der Waals surface area contributed by atoms with Crippen LogP contribution in [0.25, 0.3) is 61.3 Å². The van der Waals surface area contributed by atoms with Gasteiger partial charge in [-0.25, -0.2) is 19.8 Å². The zero-order chi connectivity index (χ0) is 32.1. The van der Waals surface area contributed by atoms with Crippen LogP contribution in [0.4, 0.5) is 5.69 Å². The monoisotopic (exact) mass is 620 g/mol. The van der Waals surface area contributed by atoms with E-state index in [0.717, 1.165) is 51.1 Å². The molecule has 0 atom stereocenters. The molecule has 0 radical (unpaired) electrons. The van der Waals surface area contributed by atoms with Crippen molar-refractivity contribution in [3.8, 4) is 56.4 Å². The van der Waals surface area contributed by atoms with Crippen molar-refractivity contribution in [3.05, 3.63) is 144 Å². The quantitative estimate of drug-likeness (QED) is 0.174. The molecular weight excluding hydrogens is 585 g/mol. The highest BCUT2D eigenvalue weighted by Crippen LogP contribution is 2.60. The SMILES string of the molecule is [C-]#[N+]c1ccc(-c2cccc(-c3nc(-c4ccccc4)nc(-c4ccccc4-c4ccc(C56CC7CC(CC(C7)C5)C6)cc4)n3)c2)cc1. The van der Waals surface area contributed by atoms with Crippen LogP contribution in [0.1, 0.15) is 44.1 Å². The summed E-state index contributed by atoms with van der Waals surface area (Å²) in [5.41, 5.74) is 9.82. The summed E-state index contributed by atoms with van der Waals surface area (Å²) < 4.78 is 0. The first-order valence-corrected chi connectivity index (χ1v) is 17.2. The predicted molar refractivity (Wildman–Crippen MR) is 193 cm³/mol. The third-order valence-corrected chi connectivity index (χ3v) is 11.1. The van der Waals surface area contributed by atoms with Gasteiger partial charge in [0.25, 0.3) is 0 Å². The van der Waals surface area contributed by atoms with E-state index in [1.54, 1.807) is 5.56 Å². The minimum atomic E-state index is 0.383. The van der Waals surface area contributed by atoms with Crippen LogP contribution in [0.3, 0.4) is 0 Å². The van der Waals surface area contributed by atoms with E-state index < -0.39 is 0 Å². The number of hydrogen-bond donors (Lipinski definition) is 0. The minimum absolute atomic E-state index is 0.383. The molecule has 232 valence electrons. The molecule has 4 bridgehead atoms. The van der Waals surface area contributed by atoms with Gasteiger partial charge < -0.3 is 0 Å². The fourth-order valence-electron chi connectivity index (χ4n) is 9.31. The number of hydrogen-bond acceptors (Lipinski definition) is 3. The van der Waals surface area contributed by atoms with Gasteiger partial charge in [-0.3, -0.25) is 0 Å². The molecule has 10 rings (SSSR count). The van der Waals surface area contributed by atoms with Crippen LogP contribution >= 0.6 is 0 Å². The van der Waals surface area contributed by atoms with E-state index >= 15 is 0 Å². The van der Waals surface area contributed by atoms with Crippen LogP contribution < -0.4 is 0 Å². The van der Waals surface area contributed by atoms with Gasteiger partial charge in [0.05, 0.1) is 6.57 Å². The smallest absolute Gasteiger partial charge is 0.187 e. The Kier molecular flexibility index (Phi) is 7.01. The maximum atomic E-state index is 7.30. The molecule has 1 heterocycles. The summed E-state index contributed by atoms with van der Waals surface area (Å²) in [6, 6.07) is 44.1. The Bertz CT molecular complexity index is 2120. The largest absolute Gasteiger partial charge is 0.238 e. The molecule has 0 aliphatic heterocycles. The van der Waals surface area contributed by atoms with Gasteiger partial charge in [-0.15, -0.1) is 0 Å². The van der Waals surface area contributed by atoms with Crippen molar-refractivity contribution in [2.45, 2.75) is 43.9 Å². The molecule has 1 aromatic heterocycles. The van der Waals surface area contributed by atoms with E-state index in [-0.39, 0.29) is 0 Å². The number of rotatable bonds is 6. The number of aromatic nitrogens is 3. The highest BCUT2D eigenvalue weighted by Gasteiger charge is 2.51. The van der Waals surface area contributed by atoms with Crippen LogP contribution in [-0.4, -0.2) is 15.0 Å². The van der Waals surface area contributed by atoms with Crippen molar-refractivity contribution in [3.63, 3.8) is 0 Å². The van der Waals surface area contributed by atoms with E-state index in [9.17, 15) is 0 Å². The summed E-state index contributed by atoms with van der Waals surface area (Å²) in [4.78, 5) is 18.8. The highest BCUT2D eigenvalue weighted by atomic mass is 15.0. The molecule has 4 heteroatoms. The minimum Gasteiger partial charge on any atom is -0.238 e. The Labute approximate surface area is 282 Å². The lowest BCUT2D eigenvalue weighted by molar-refractivity contribution is -0.00518. The molecule has 5 aromatic carbocycles. The maximum Gasteiger partial charge on any atom is 0.187 e. The Morgan fingerprint density at radius 2 is 1.02 bits per heavy atom. The number of nitrogens with zero attached hydrogens (tertiary/aromatic N) is 4. The lowest BCUT2D eigenvalue weighted by Crippen LogP contribution is -2.48. The molecule has 4 aliphatic carbocycles. The number of benzene rings is 5. The predicted octanol–water partition coefficient (Wildman–Crippen LogP) is 11.2. The van der Waals surface area contributed by atoms with Crippen LogP contribution in [0.5, 0.6) is 0 Å². The molecule has 4 fully saturated rings. The second-order valence-corrected chi connectivity index (χ2v) is 14.2. The van der Waals surface area contributed by atoms with Crippen molar-refractivity contribution >= 4 is 5.69 Å².